The quantitative estimate of drug-likeness (QED) is 0.683. The summed E-state index contributed by atoms with van der Waals surface area (Å²) < 4.78 is 9.63. The molecule has 0 bridgehead atoms. The van der Waals surface area contributed by atoms with Gasteiger partial charge >= 0.3 is 12.1 Å². The molecule has 21 heavy (non-hydrogen) atoms. The van der Waals surface area contributed by atoms with Crippen LogP contribution in [0.5, 0.6) is 5.75 Å². The van der Waals surface area contributed by atoms with Gasteiger partial charge in [0.1, 0.15) is 17.1 Å². The number of nitrogens with zero attached hydrogens (tertiary/aromatic N) is 1. The fraction of sp³-hybridized carbons (Fsp3) is 0.400. The van der Waals surface area contributed by atoms with Crippen molar-refractivity contribution in [1.82, 2.24) is 0 Å². The summed E-state index contributed by atoms with van der Waals surface area (Å²) in [5, 5.41) is 9.71. The number of carbonyl (C=O) groups excluding carboxylic acids is 2. The minimum atomic E-state index is -0.877. The molecule has 0 radical (unpaired) electrons. The molecule has 1 rings (SSSR count). The van der Waals surface area contributed by atoms with Crippen molar-refractivity contribution >= 4 is 17.8 Å². The lowest BCUT2D eigenvalue weighted by Crippen LogP contribution is -2.25. The van der Waals surface area contributed by atoms with Crippen LogP contribution in [0.25, 0.3) is 0 Å². The van der Waals surface area contributed by atoms with Gasteiger partial charge in [-0.3, -0.25) is 0 Å². The lowest BCUT2D eigenvalue weighted by Gasteiger charge is -2.17. The summed E-state index contributed by atoms with van der Waals surface area (Å²) in [7, 11) is 1.19. The average Bonchev–Trinajstić information content (AvgIpc) is 2.37. The number of carbonyl (C=O) groups is 2. The van der Waals surface area contributed by atoms with Crippen LogP contribution in [0.1, 0.15) is 26.3 Å². The zero-order chi connectivity index (χ0) is 16.0. The molecule has 0 heterocycles. The van der Waals surface area contributed by atoms with Gasteiger partial charge in [-0.2, -0.15) is 4.99 Å². The molecule has 1 aromatic rings. The van der Waals surface area contributed by atoms with Crippen molar-refractivity contribution < 1.29 is 24.2 Å². The minimum Gasteiger partial charge on any atom is -0.508 e. The Morgan fingerprint density at radius 1 is 1.24 bits per heavy atom. The fourth-order valence-electron chi connectivity index (χ4n) is 1.51. The van der Waals surface area contributed by atoms with Crippen LogP contribution in [0.2, 0.25) is 0 Å². The molecule has 114 valence electrons. The third-order valence-corrected chi connectivity index (χ3v) is 2.39. The van der Waals surface area contributed by atoms with Crippen LogP contribution < -0.4 is 0 Å². The summed E-state index contributed by atoms with van der Waals surface area (Å²) in [4.78, 5) is 27.0. The number of phenols is 1. The van der Waals surface area contributed by atoms with E-state index in [1.807, 2.05) is 0 Å². The van der Waals surface area contributed by atoms with Gasteiger partial charge in [-0.05, 0) is 26.8 Å². The zero-order valence-corrected chi connectivity index (χ0v) is 12.5. The number of amides is 1. The van der Waals surface area contributed by atoms with Gasteiger partial charge < -0.3 is 14.6 Å². The second-order valence-electron chi connectivity index (χ2n) is 5.34. The van der Waals surface area contributed by atoms with E-state index >= 15 is 0 Å². The summed E-state index contributed by atoms with van der Waals surface area (Å²) >= 11 is 0. The van der Waals surface area contributed by atoms with Crippen LogP contribution in [-0.2, 0) is 20.7 Å². The minimum absolute atomic E-state index is 0.0123. The normalized spacial score (nSPS) is 11.9. The van der Waals surface area contributed by atoms with Gasteiger partial charge in [0.2, 0.25) is 0 Å². The number of para-hydroxylation sites is 1. The molecule has 0 aliphatic rings. The maximum Gasteiger partial charge on any atom is 0.434 e. The maximum absolute atomic E-state index is 11.7. The van der Waals surface area contributed by atoms with Crippen LogP contribution in [0.3, 0.4) is 0 Å². The van der Waals surface area contributed by atoms with E-state index in [-0.39, 0.29) is 17.9 Å². The number of ether oxygens (including phenoxy) is 2. The predicted molar refractivity (Wildman–Crippen MR) is 77.5 cm³/mol. The number of hydrogen-bond acceptors (Lipinski definition) is 5. The number of rotatable bonds is 3. The molecule has 0 unspecified atom stereocenters. The van der Waals surface area contributed by atoms with Gasteiger partial charge in [-0.1, -0.05) is 18.2 Å². The molecule has 1 aromatic carbocycles. The highest BCUT2D eigenvalue weighted by molar-refractivity contribution is 6.38. The van der Waals surface area contributed by atoms with Gasteiger partial charge in [-0.15, -0.1) is 0 Å². The molecular weight excluding hydrogens is 274 g/mol. The standard InChI is InChI=1S/C15H19NO5/c1-15(2,3)21-14(19)16-11(13(18)20-4)9-10-7-5-6-8-12(10)17/h5-8,17H,9H2,1-4H3/b16-11+. The SMILES string of the molecule is COC(=O)/C(Cc1ccccc1O)=N/C(=O)OC(C)(C)C. The Kier molecular flexibility index (Phi) is 5.46. The van der Waals surface area contributed by atoms with E-state index in [0.29, 0.717) is 5.56 Å². The van der Waals surface area contributed by atoms with Gasteiger partial charge in [0.05, 0.1) is 7.11 Å². The van der Waals surface area contributed by atoms with Gasteiger partial charge in [0, 0.05) is 12.0 Å². The molecular formula is C15H19NO5. The number of aliphatic imine (C=N–C) groups is 1. The van der Waals surface area contributed by atoms with Crippen LogP contribution in [-0.4, -0.2) is 35.6 Å². The largest absolute Gasteiger partial charge is 0.508 e. The topological polar surface area (TPSA) is 85.2 Å². The summed E-state index contributed by atoms with van der Waals surface area (Å²) in [6.07, 6.45) is -0.906. The van der Waals surface area contributed by atoms with Crippen molar-refractivity contribution in [2.75, 3.05) is 7.11 Å². The summed E-state index contributed by atoms with van der Waals surface area (Å²) in [5.74, 6) is -0.734. The molecule has 0 aromatic heterocycles. The number of methoxy groups -OCH3 is 1. The third kappa shape index (κ3) is 5.64. The second-order valence-corrected chi connectivity index (χ2v) is 5.34. The van der Waals surface area contributed by atoms with Crippen LogP contribution in [0.4, 0.5) is 4.79 Å². The first-order valence-corrected chi connectivity index (χ1v) is 6.38. The Labute approximate surface area is 123 Å². The highest BCUT2D eigenvalue weighted by Gasteiger charge is 2.20. The second kappa shape index (κ2) is 6.88. The number of aromatic hydroxyl groups is 1. The van der Waals surface area contributed by atoms with Crippen molar-refractivity contribution in [3.63, 3.8) is 0 Å². The van der Waals surface area contributed by atoms with Crippen molar-refractivity contribution in [2.45, 2.75) is 32.8 Å². The smallest absolute Gasteiger partial charge is 0.434 e. The van der Waals surface area contributed by atoms with Crippen molar-refractivity contribution in [1.29, 1.82) is 0 Å². The van der Waals surface area contributed by atoms with E-state index in [2.05, 4.69) is 9.73 Å². The number of phenolic OH excluding ortho intramolecular Hbond substituents is 1. The Morgan fingerprint density at radius 3 is 2.38 bits per heavy atom. The molecule has 0 aliphatic carbocycles. The van der Waals surface area contributed by atoms with Crippen molar-refractivity contribution in [3.8, 4) is 5.75 Å². The van der Waals surface area contributed by atoms with E-state index in [0.717, 1.165) is 0 Å². The first-order valence-electron chi connectivity index (χ1n) is 6.38. The highest BCUT2D eigenvalue weighted by Crippen LogP contribution is 2.17. The molecule has 0 fully saturated rings. The van der Waals surface area contributed by atoms with Crippen LogP contribution >= 0.6 is 0 Å². The van der Waals surface area contributed by atoms with Crippen molar-refractivity contribution in [2.24, 2.45) is 4.99 Å². The maximum atomic E-state index is 11.7. The van der Waals surface area contributed by atoms with E-state index in [1.165, 1.54) is 13.2 Å². The number of benzene rings is 1. The summed E-state index contributed by atoms with van der Waals surface area (Å²) in [5.41, 5.74) is -0.380. The molecule has 0 atom stereocenters. The summed E-state index contributed by atoms with van der Waals surface area (Å²) in [6.45, 7) is 5.09. The van der Waals surface area contributed by atoms with E-state index in [4.69, 9.17) is 4.74 Å². The van der Waals surface area contributed by atoms with Crippen molar-refractivity contribution in [3.05, 3.63) is 29.8 Å². The molecule has 1 amide bonds. The van der Waals surface area contributed by atoms with Gasteiger partial charge in [0.15, 0.2) is 0 Å². The molecule has 1 N–H and O–H groups in total. The molecule has 6 nitrogen and oxygen atoms in total. The first-order chi connectivity index (χ1) is 9.73. The van der Waals surface area contributed by atoms with Gasteiger partial charge in [-0.25, -0.2) is 9.59 Å². The molecule has 0 saturated heterocycles. The number of esters is 1. The fourth-order valence-corrected chi connectivity index (χ4v) is 1.51. The monoisotopic (exact) mass is 293 g/mol. The zero-order valence-electron chi connectivity index (χ0n) is 12.5. The molecule has 0 aliphatic heterocycles. The van der Waals surface area contributed by atoms with Gasteiger partial charge in [0.25, 0.3) is 0 Å². The lowest BCUT2D eigenvalue weighted by atomic mass is 10.1. The first kappa shape index (κ1) is 16.7. The Balaban J connectivity index is 2.99. The average molecular weight is 293 g/mol. The van der Waals surface area contributed by atoms with Crippen LogP contribution in [0.15, 0.2) is 29.3 Å². The van der Waals surface area contributed by atoms with E-state index < -0.39 is 17.7 Å². The predicted octanol–water partition coefficient (Wildman–Crippen LogP) is 2.48. The Bertz CT molecular complexity index is 557. The Morgan fingerprint density at radius 2 is 1.86 bits per heavy atom. The molecule has 0 saturated carbocycles. The highest BCUT2D eigenvalue weighted by atomic mass is 16.6. The summed E-state index contributed by atoms with van der Waals surface area (Å²) in [6, 6.07) is 6.47. The van der Waals surface area contributed by atoms with E-state index in [9.17, 15) is 14.7 Å². The molecule has 0 spiro atoms. The number of hydrogen-bond donors (Lipinski definition) is 1. The molecule has 6 heteroatoms. The third-order valence-electron chi connectivity index (χ3n) is 2.39. The van der Waals surface area contributed by atoms with Crippen LogP contribution in [0, 0.1) is 0 Å². The lowest BCUT2D eigenvalue weighted by molar-refractivity contribution is -0.132. The van der Waals surface area contributed by atoms with E-state index in [1.54, 1.807) is 39.0 Å². The Hall–Kier alpha value is -2.37.